The van der Waals surface area contributed by atoms with Gasteiger partial charge in [-0.3, -0.25) is 4.79 Å². The second-order valence-electron chi connectivity index (χ2n) is 6.50. The number of hydrogen-bond acceptors (Lipinski definition) is 2. The Labute approximate surface area is 103 Å². The molecular formula is C14H23NO2. The molecule has 96 valence electrons. The summed E-state index contributed by atoms with van der Waals surface area (Å²) in [5.41, 5.74) is 0. The minimum absolute atomic E-state index is 0.197. The second kappa shape index (κ2) is 4.27. The molecule has 0 radical (unpaired) electrons. The van der Waals surface area contributed by atoms with E-state index in [2.05, 4.69) is 5.32 Å². The van der Waals surface area contributed by atoms with Crippen molar-refractivity contribution < 1.29 is 9.90 Å². The standard InChI is InChI=1S/C14H23NO2/c1-15-12(7-13(16)17)14-10-3-8-2-9(5-10)6-11(14)4-8/h8-12,14-15H,2-7H2,1H3,(H,16,17). The molecular weight excluding hydrogens is 214 g/mol. The molecule has 3 heteroatoms. The maximum absolute atomic E-state index is 11.0. The van der Waals surface area contributed by atoms with E-state index < -0.39 is 5.97 Å². The molecule has 0 aromatic heterocycles. The van der Waals surface area contributed by atoms with Gasteiger partial charge in [0.2, 0.25) is 0 Å². The number of nitrogens with one attached hydrogen (secondary N) is 1. The first-order chi connectivity index (χ1) is 8.17. The van der Waals surface area contributed by atoms with Crippen molar-refractivity contribution in [1.29, 1.82) is 0 Å². The topological polar surface area (TPSA) is 49.3 Å². The van der Waals surface area contributed by atoms with Gasteiger partial charge in [0.15, 0.2) is 0 Å². The van der Waals surface area contributed by atoms with Crippen LogP contribution in [0.5, 0.6) is 0 Å². The molecule has 4 bridgehead atoms. The first-order valence-corrected chi connectivity index (χ1v) is 7.06. The van der Waals surface area contributed by atoms with Crippen molar-refractivity contribution in [2.75, 3.05) is 7.05 Å². The van der Waals surface area contributed by atoms with E-state index in [4.69, 9.17) is 5.11 Å². The Bertz CT molecular complexity index is 287. The number of aliphatic carboxylic acids is 1. The zero-order valence-electron chi connectivity index (χ0n) is 10.6. The van der Waals surface area contributed by atoms with E-state index in [-0.39, 0.29) is 6.04 Å². The quantitative estimate of drug-likeness (QED) is 0.787. The predicted molar refractivity (Wildman–Crippen MR) is 65.6 cm³/mol. The molecule has 0 saturated heterocycles. The van der Waals surface area contributed by atoms with Crippen LogP contribution in [0.15, 0.2) is 0 Å². The Morgan fingerprint density at radius 1 is 1.18 bits per heavy atom. The number of rotatable bonds is 4. The number of carboxylic acid groups (broad SMARTS) is 1. The Morgan fingerprint density at radius 3 is 2.12 bits per heavy atom. The molecule has 2 N–H and O–H groups in total. The lowest BCUT2D eigenvalue weighted by molar-refractivity contribution is -0.139. The Morgan fingerprint density at radius 2 is 1.71 bits per heavy atom. The monoisotopic (exact) mass is 237 g/mol. The van der Waals surface area contributed by atoms with E-state index in [1.165, 1.54) is 32.1 Å². The molecule has 0 aromatic carbocycles. The van der Waals surface area contributed by atoms with Crippen molar-refractivity contribution in [1.82, 2.24) is 5.32 Å². The summed E-state index contributed by atoms with van der Waals surface area (Å²) in [6.45, 7) is 0. The Balaban J connectivity index is 1.76. The third kappa shape index (κ3) is 1.99. The largest absolute Gasteiger partial charge is 0.481 e. The molecule has 0 spiro atoms. The maximum atomic E-state index is 11.0. The summed E-state index contributed by atoms with van der Waals surface area (Å²) in [4.78, 5) is 11.0. The highest BCUT2D eigenvalue weighted by molar-refractivity contribution is 5.67. The zero-order chi connectivity index (χ0) is 12.0. The molecule has 4 saturated carbocycles. The third-order valence-electron chi connectivity index (χ3n) is 5.53. The van der Waals surface area contributed by atoms with Crippen molar-refractivity contribution in [3.63, 3.8) is 0 Å². The minimum atomic E-state index is -0.654. The molecule has 4 fully saturated rings. The van der Waals surface area contributed by atoms with E-state index >= 15 is 0 Å². The Hall–Kier alpha value is -0.570. The van der Waals surface area contributed by atoms with Crippen LogP contribution in [0.2, 0.25) is 0 Å². The SMILES string of the molecule is CNC(CC(=O)O)C1C2CC3CC(C2)CC1C3. The van der Waals surface area contributed by atoms with Crippen LogP contribution >= 0.6 is 0 Å². The van der Waals surface area contributed by atoms with Crippen molar-refractivity contribution >= 4 is 5.97 Å². The minimum Gasteiger partial charge on any atom is -0.481 e. The van der Waals surface area contributed by atoms with E-state index in [1.807, 2.05) is 7.05 Å². The molecule has 0 heterocycles. The van der Waals surface area contributed by atoms with Crippen LogP contribution in [-0.2, 0) is 4.79 Å². The smallest absolute Gasteiger partial charge is 0.304 e. The highest BCUT2D eigenvalue weighted by atomic mass is 16.4. The van der Waals surface area contributed by atoms with Gasteiger partial charge in [0.25, 0.3) is 0 Å². The van der Waals surface area contributed by atoms with Crippen molar-refractivity contribution in [3.8, 4) is 0 Å². The van der Waals surface area contributed by atoms with Gasteiger partial charge < -0.3 is 10.4 Å². The van der Waals surface area contributed by atoms with Crippen LogP contribution in [0.1, 0.15) is 38.5 Å². The number of hydrogen-bond donors (Lipinski definition) is 2. The summed E-state index contributed by atoms with van der Waals surface area (Å²) in [5.74, 6) is 3.53. The summed E-state index contributed by atoms with van der Waals surface area (Å²) < 4.78 is 0. The average molecular weight is 237 g/mol. The normalized spacial score (nSPS) is 44.9. The van der Waals surface area contributed by atoms with Crippen LogP contribution in [-0.4, -0.2) is 24.2 Å². The van der Waals surface area contributed by atoms with Gasteiger partial charge in [-0.1, -0.05) is 0 Å². The van der Waals surface area contributed by atoms with E-state index in [0.29, 0.717) is 12.3 Å². The van der Waals surface area contributed by atoms with Crippen LogP contribution in [0.4, 0.5) is 0 Å². The molecule has 0 amide bonds. The fourth-order valence-electron chi connectivity index (χ4n) is 5.24. The van der Waals surface area contributed by atoms with E-state index in [0.717, 1.165) is 23.7 Å². The molecule has 4 aliphatic rings. The lowest BCUT2D eigenvalue weighted by Gasteiger charge is -2.56. The summed E-state index contributed by atoms with van der Waals surface area (Å²) in [7, 11) is 1.93. The lowest BCUT2D eigenvalue weighted by Crippen LogP contribution is -2.52. The molecule has 4 aliphatic carbocycles. The van der Waals surface area contributed by atoms with Gasteiger partial charge in [-0.05, 0) is 68.7 Å². The molecule has 1 atom stereocenters. The number of carboxylic acids is 1. The van der Waals surface area contributed by atoms with Crippen molar-refractivity contribution in [3.05, 3.63) is 0 Å². The fourth-order valence-corrected chi connectivity index (χ4v) is 5.24. The van der Waals surface area contributed by atoms with Crippen LogP contribution in [0, 0.1) is 29.6 Å². The summed E-state index contributed by atoms with van der Waals surface area (Å²) in [6.07, 6.45) is 7.24. The molecule has 17 heavy (non-hydrogen) atoms. The van der Waals surface area contributed by atoms with Gasteiger partial charge in [0.1, 0.15) is 0 Å². The second-order valence-corrected chi connectivity index (χ2v) is 6.50. The molecule has 1 unspecified atom stereocenters. The summed E-state index contributed by atoms with van der Waals surface area (Å²) in [6, 6.07) is 0.197. The fraction of sp³-hybridized carbons (Fsp3) is 0.929. The molecule has 0 aromatic rings. The number of carbonyl (C=O) groups is 1. The van der Waals surface area contributed by atoms with Crippen LogP contribution < -0.4 is 5.32 Å². The van der Waals surface area contributed by atoms with E-state index in [9.17, 15) is 4.79 Å². The van der Waals surface area contributed by atoms with Gasteiger partial charge in [-0.2, -0.15) is 0 Å². The predicted octanol–water partition coefficient (Wildman–Crippen LogP) is 2.12. The molecule has 3 nitrogen and oxygen atoms in total. The highest BCUT2D eigenvalue weighted by Gasteiger charge is 2.50. The highest BCUT2D eigenvalue weighted by Crippen LogP contribution is 2.57. The van der Waals surface area contributed by atoms with Crippen molar-refractivity contribution in [2.45, 2.75) is 44.6 Å². The van der Waals surface area contributed by atoms with Crippen LogP contribution in [0.25, 0.3) is 0 Å². The van der Waals surface area contributed by atoms with Crippen molar-refractivity contribution in [2.24, 2.45) is 29.6 Å². The molecule has 0 aliphatic heterocycles. The summed E-state index contributed by atoms with van der Waals surface area (Å²) in [5, 5.41) is 12.3. The summed E-state index contributed by atoms with van der Waals surface area (Å²) >= 11 is 0. The van der Waals surface area contributed by atoms with Gasteiger partial charge >= 0.3 is 5.97 Å². The third-order valence-corrected chi connectivity index (χ3v) is 5.53. The average Bonchev–Trinajstić information content (AvgIpc) is 2.25. The van der Waals surface area contributed by atoms with Gasteiger partial charge in [0, 0.05) is 6.04 Å². The molecule has 4 rings (SSSR count). The van der Waals surface area contributed by atoms with Gasteiger partial charge in [-0.25, -0.2) is 0 Å². The first kappa shape index (κ1) is 11.5. The maximum Gasteiger partial charge on any atom is 0.304 e. The van der Waals surface area contributed by atoms with E-state index in [1.54, 1.807) is 0 Å². The zero-order valence-corrected chi connectivity index (χ0v) is 10.6. The Kier molecular flexibility index (Phi) is 2.89. The first-order valence-electron chi connectivity index (χ1n) is 7.06. The van der Waals surface area contributed by atoms with Gasteiger partial charge in [0.05, 0.1) is 6.42 Å². The van der Waals surface area contributed by atoms with Crippen LogP contribution in [0.3, 0.4) is 0 Å². The lowest BCUT2D eigenvalue weighted by atomic mass is 9.50. The van der Waals surface area contributed by atoms with Gasteiger partial charge in [-0.15, -0.1) is 0 Å².